The molecular formula is C16H12Cl3N5. The second-order valence-corrected chi connectivity index (χ2v) is 7.35. The van der Waals surface area contributed by atoms with Gasteiger partial charge in [0.15, 0.2) is 11.6 Å². The van der Waals surface area contributed by atoms with Crippen molar-refractivity contribution in [3.05, 3.63) is 59.7 Å². The predicted molar refractivity (Wildman–Crippen MR) is 99.0 cm³/mol. The predicted octanol–water partition coefficient (Wildman–Crippen LogP) is 4.61. The molecule has 0 radical (unpaired) electrons. The first kappa shape index (κ1) is 16.9. The highest BCUT2D eigenvalue weighted by atomic mass is 35.6. The van der Waals surface area contributed by atoms with E-state index in [1.54, 1.807) is 18.6 Å². The van der Waals surface area contributed by atoms with Gasteiger partial charge >= 0.3 is 0 Å². The van der Waals surface area contributed by atoms with Crippen LogP contribution in [-0.4, -0.2) is 21.2 Å². The van der Waals surface area contributed by atoms with Gasteiger partial charge in [-0.2, -0.15) is 5.10 Å². The van der Waals surface area contributed by atoms with Crippen molar-refractivity contribution in [1.82, 2.24) is 15.0 Å². The van der Waals surface area contributed by atoms with Crippen LogP contribution in [0.1, 0.15) is 17.0 Å². The van der Waals surface area contributed by atoms with E-state index in [1.807, 2.05) is 37.3 Å². The van der Waals surface area contributed by atoms with Gasteiger partial charge in [0.2, 0.25) is 3.79 Å². The summed E-state index contributed by atoms with van der Waals surface area (Å²) in [6, 6.07) is 9.43. The van der Waals surface area contributed by atoms with Crippen LogP contribution in [0.5, 0.6) is 0 Å². The average molecular weight is 381 g/mol. The minimum Gasteiger partial charge on any atom is -0.264 e. The van der Waals surface area contributed by atoms with Crippen LogP contribution < -0.4 is 5.43 Å². The van der Waals surface area contributed by atoms with Crippen LogP contribution in [0.4, 0.5) is 5.82 Å². The third-order valence-corrected chi connectivity index (χ3v) is 3.68. The molecule has 3 aromatic rings. The van der Waals surface area contributed by atoms with Gasteiger partial charge in [-0.3, -0.25) is 10.4 Å². The van der Waals surface area contributed by atoms with E-state index in [4.69, 9.17) is 34.8 Å². The Morgan fingerprint density at radius 1 is 1.17 bits per heavy atom. The molecule has 0 fully saturated rings. The number of hydrazone groups is 1. The molecule has 1 aromatic carbocycles. The Kier molecular flexibility index (Phi) is 4.85. The molecule has 0 saturated carbocycles. The Bertz CT molecular complexity index is 891. The van der Waals surface area contributed by atoms with Crippen molar-refractivity contribution < 1.29 is 0 Å². The molecule has 0 amide bonds. The first-order valence-electron chi connectivity index (χ1n) is 6.98. The zero-order chi connectivity index (χ0) is 17.2. The van der Waals surface area contributed by atoms with Crippen molar-refractivity contribution >= 4 is 57.7 Å². The van der Waals surface area contributed by atoms with Gasteiger partial charge in [0.25, 0.3) is 0 Å². The van der Waals surface area contributed by atoms with Crippen molar-refractivity contribution in [2.24, 2.45) is 5.10 Å². The Labute approximate surface area is 153 Å². The molecule has 3 rings (SSSR count). The molecule has 2 heterocycles. The van der Waals surface area contributed by atoms with Gasteiger partial charge in [-0.1, -0.05) is 52.5 Å². The number of hydrogen-bond donors (Lipinski definition) is 1. The van der Waals surface area contributed by atoms with Crippen LogP contribution in [0, 0.1) is 6.92 Å². The zero-order valence-electron chi connectivity index (χ0n) is 12.5. The van der Waals surface area contributed by atoms with Crippen LogP contribution in [0.15, 0.2) is 47.8 Å². The molecule has 0 atom stereocenters. The number of aromatic nitrogens is 3. The summed E-state index contributed by atoms with van der Waals surface area (Å²) in [4.78, 5) is 12.6. The fourth-order valence-corrected chi connectivity index (χ4v) is 2.33. The molecule has 0 spiro atoms. The minimum absolute atomic E-state index is 0.0860. The molecule has 24 heavy (non-hydrogen) atoms. The van der Waals surface area contributed by atoms with Crippen molar-refractivity contribution in [2.45, 2.75) is 10.7 Å². The summed E-state index contributed by atoms with van der Waals surface area (Å²) in [6.07, 6.45) is 5.02. The van der Waals surface area contributed by atoms with Crippen LogP contribution in [0.3, 0.4) is 0 Å². The quantitative estimate of drug-likeness (QED) is 0.409. The van der Waals surface area contributed by atoms with Gasteiger partial charge in [-0.15, -0.1) is 0 Å². The third-order valence-electron chi connectivity index (χ3n) is 3.17. The minimum atomic E-state index is -1.72. The Morgan fingerprint density at radius 2 is 2.00 bits per heavy atom. The highest BCUT2D eigenvalue weighted by Crippen LogP contribution is 2.37. The fraction of sp³-hybridized carbons (Fsp3) is 0.125. The Morgan fingerprint density at radius 3 is 2.71 bits per heavy atom. The number of nitrogens with one attached hydrogen (secondary N) is 1. The first-order chi connectivity index (χ1) is 11.4. The van der Waals surface area contributed by atoms with E-state index >= 15 is 0 Å². The second kappa shape index (κ2) is 6.89. The molecule has 122 valence electrons. The summed E-state index contributed by atoms with van der Waals surface area (Å²) in [5, 5.41) is 4.97. The molecule has 8 heteroatoms. The number of aryl methyl sites for hydroxylation is 1. The van der Waals surface area contributed by atoms with Crippen LogP contribution in [-0.2, 0) is 3.79 Å². The smallest absolute Gasteiger partial charge is 0.250 e. The largest absolute Gasteiger partial charge is 0.264 e. The summed E-state index contributed by atoms with van der Waals surface area (Å²) in [5.41, 5.74) is 5.46. The van der Waals surface area contributed by atoms with E-state index in [9.17, 15) is 0 Å². The third kappa shape index (κ3) is 3.93. The number of alkyl halides is 3. The van der Waals surface area contributed by atoms with Crippen LogP contribution in [0.25, 0.3) is 10.9 Å². The zero-order valence-corrected chi connectivity index (χ0v) is 14.8. The molecule has 0 aliphatic carbocycles. The van der Waals surface area contributed by atoms with E-state index in [1.165, 1.54) is 0 Å². The monoisotopic (exact) mass is 379 g/mol. The number of fused-ring (bicyclic) bond motifs is 1. The molecule has 0 saturated heterocycles. The topological polar surface area (TPSA) is 63.1 Å². The number of hydrogen-bond acceptors (Lipinski definition) is 5. The number of rotatable bonds is 3. The summed E-state index contributed by atoms with van der Waals surface area (Å²) in [6.45, 7) is 1.98. The van der Waals surface area contributed by atoms with Crippen molar-refractivity contribution in [3.8, 4) is 0 Å². The van der Waals surface area contributed by atoms with E-state index in [2.05, 4.69) is 25.5 Å². The van der Waals surface area contributed by atoms with E-state index < -0.39 is 3.79 Å². The first-order valence-corrected chi connectivity index (χ1v) is 8.11. The van der Waals surface area contributed by atoms with Crippen molar-refractivity contribution in [1.29, 1.82) is 0 Å². The SMILES string of the molecule is Cc1ccc2nc(C(Cl)(Cl)Cl)nc(N/N=C/c3cccnc3)c2c1. The number of halogens is 3. The van der Waals surface area contributed by atoms with Gasteiger partial charge < -0.3 is 0 Å². The second-order valence-electron chi connectivity index (χ2n) is 5.07. The lowest BCUT2D eigenvalue weighted by molar-refractivity contribution is 0.992. The number of pyridine rings is 1. The van der Waals surface area contributed by atoms with Crippen LogP contribution in [0.2, 0.25) is 0 Å². The van der Waals surface area contributed by atoms with Gasteiger partial charge in [0.1, 0.15) is 0 Å². The maximum Gasteiger partial charge on any atom is 0.250 e. The molecule has 0 aliphatic heterocycles. The van der Waals surface area contributed by atoms with Gasteiger partial charge in [-0.25, -0.2) is 9.97 Å². The molecular weight excluding hydrogens is 369 g/mol. The number of benzene rings is 1. The molecule has 5 nitrogen and oxygen atoms in total. The molecule has 0 unspecified atom stereocenters. The highest BCUT2D eigenvalue weighted by Gasteiger charge is 2.28. The summed E-state index contributed by atoms with van der Waals surface area (Å²) < 4.78 is -1.72. The van der Waals surface area contributed by atoms with Gasteiger partial charge in [0.05, 0.1) is 11.7 Å². The maximum absolute atomic E-state index is 5.92. The van der Waals surface area contributed by atoms with Crippen LogP contribution >= 0.6 is 34.8 Å². The Hall–Kier alpha value is -1.95. The molecule has 2 aromatic heterocycles. The summed E-state index contributed by atoms with van der Waals surface area (Å²) in [5.74, 6) is 0.549. The average Bonchev–Trinajstić information content (AvgIpc) is 2.55. The lowest BCUT2D eigenvalue weighted by Gasteiger charge is -2.13. The fourth-order valence-electron chi connectivity index (χ4n) is 2.07. The highest BCUT2D eigenvalue weighted by molar-refractivity contribution is 6.66. The normalized spacial score (nSPS) is 12.0. The standard InChI is InChI=1S/C16H12Cl3N5/c1-10-4-5-13-12(7-10)14(23-15(22-13)16(17,18)19)24-21-9-11-3-2-6-20-8-11/h2-9H,1H3,(H,22,23,24)/b21-9+. The number of nitrogens with zero attached hydrogens (tertiary/aromatic N) is 4. The van der Waals surface area contributed by atoms with E-state index in [-0.39, 0.29) is 5.82 Å². The summed E-state index contributed by atoms with van der Waals surface area (Å²) in [7, 11) is 0. The molecule has 0 bridgehead atoms. The van der Waals surface area contributed by atoms with E-state index in [0.717, 1.165) is 16.5 Å². The van der Waals surface area contributed by atoms with Crippen molar-refractivity contribution in [3.63, 3.8) is 0 Å². The lowest BCUT2D eigenvalue weighted by atomic mass is 10.1. The molecule has 1 N–H and O–H groups in total. The summed E-state index contributed by atoms with van der Waals surface area (Å²) >= 11 is 17.8. The van der Waals surface area contributed by atoms with Crippen molar-refractivity contribution in [2.75, 3.05) is 5.43 Å². The maximum atomic E-state index is 5.92. The molecule has 0 aliphatic rings. The van der Waals surface area contributed by atoms with Gasteiger partial charge in [0, 0.05) is 23.3 Å². The van der Waals surface area contributed by atoms with E-state index in [0.29, 0.717) is 11.3 Å². The Balaban J connectivity index is 2.01. The van der Waals surface area contributed by atoms with Gasteiger partial charge in [-0.05, 0) is 25.1 Å². The number of anilines is 1. The lowest BCUT2D eigenvalue weighted by Crippen LogP contribution is -2.09.